The molecule has 1 saturated heterocycles. The number of nitrogens with zero attached hydrogens (tertiary/aromatic N) is 2. The molecule has 3 rings (SSSR count). The zero-order chi connectivity index (χ0) is 24.2. The van der Waals surface area contributed by atoms with Crippen LogP contribution in [0.1, 0.15) is 22.5 Å². The molecule has 0 saturated carbocycles. The second-order valence-corrected chi connectivity index (χ2v) is 8.11. The van der Waals surface area contributed by atoms with Crippen LogP contribution >= 0.6 is 15.9 Å². The van der Waals surface area contributed by atoms with E-state index in [2.05, 4.69) is 25.7 Å². The second kappa shape index (κ2) is 10.2. The minimum Gasteiger partial charge on any atom is -0.493 e. The topological polar surface area (TPSA) is 101 Å². The summed E-state index contributed by atoms with van der Waals surface area (Å²) in [6.07, 6.45) is -5.95. The van der Waals surface area contributed by atoms with Crippen LogP contribution in [0.2, 0.25) is 0 Å². The molecule has 8 nitrogen and oxygen atoms in total. The summed E-state index contributed by atoms with van der Waals surface area (Å²) in [4.78, 5) is 18.6. The number of rotatable bonds is 7. The molecule has 0 unspecified atom stereocenters. The van der Waals surface area contributed by atoms with Gasteiger partial charge >= 0.3 is 6.36 Å². The van der Waals surface area contributed by atoms with Gasteiger partial charge in [-0.05, 0) is 46.3 Å². The van der Waals surface area contributed by atoms with Crippen LogP contribution in [-0.2, 0) is 10.3 Å². The highest BCUT2D eigenvalue weighted by Gasteiger charge is 2.44. The van der Waals surface area contributed by atoms with Crippen LogP contribution in [0.25, 0.3) is 0 Å². The lowest BCUT2D eigenvalue weighted by atomic mass is 9.85. The van der Waals surface area contributed by atoms with Crippen molar-refractivity contribution >= 4 is 21.8 Å². The molecule has 1 aromatic carbocycles. The van der Waals surface area contributed by atoms with E-state index in [1.165, 1.54) is 30.2 Å². The second-order valence-electron chi connectivity index (χ2n) is 7.30. The first-order valence-electron chi connectivity index (χ1n) is 9.88. The monoisotopic (exact) mass is 534 g/mol. The average molecular weight is 535 g/mol. The van der Waals surface area contributed by atoms with Crippen LogP contribution in [-0.4, -0.2) is 71.9 Å². The molecule has 180 valence electrons. The summed E-state index contributed by atoms with van der Waals surface area (Å²) in [5, 5.41) is 21.6. The Balaban J connectivity index is 1.66. The maximum absolute atomic E-state index is 13.0. The number of hydrogen-bond donors (Lipinski definition) is 2. The van der Waals surface area contributed by atoms with E-state index >= 15 is 0 Å². The van der Waals surface area contributed by atoms with Crippen molar-refractivity contribution in [3.63, 3.8) is 0 Å². The van der Waals surface area contributed by atoms with Gasteiger partial charge in [0.2, 0.25) is 0 Å². The summed E-state index contributed by atoms with van der Waals surface area (Å²) in [5.74, 6) is -0.113. The van der Waals surface area contributed by atoms with Crippen molar-refractivity contribution in [1.82, 2.24) is 9.88 Å². The number of halogens is 4. The molecule has 1 aliphatic heterocycles. The molecular weight excluding hydrogens is 513 g/mol. The summed E-state index contributed by atoms with van der Waals surface area (Å²) >= 11 is 3.24. The van der Waals surface area contributed by atoms with E-state index in [1.54, 1.807) is 18.2 Å². The Labute approximate surface area is 196 Å². The van der Waals surface area contributed by atoms with E-state index < -0.39 is 30.6 Å². The predicted octanol–water partition coefficient (Wildman–Crippen LogP) is 2.86. The zero-order valence-electron chi connectivity index (χ0n) is 17.5. The minimum absolute atomic E-state index is 0.0703. The van der Waals surface area contributed by atoms with Crippen LogP contribution < -0.4 is 9.47 Å². The number of aromatic nitrogens is 1. The van der Waals surface area contributed by atoms with Gasteiger partial charge in [0.25, 0.3) is 5.91 Å². The normalized spacial score (nSPS) is 21.1. The number of piperidine rings is 1. The standard InChI is InChI=1S/C21H22BrF3N2O6/c1-31-15-11-13(5-6-14(15)32-9-10-33-21(23,24)25)19(29)27-8-7-20(30,17(28)12-27)16-3-2-4-18(22)26-16/h2-6,11,17,28,30H,7-10,12H2,1H3/t17-,20-/m1/s1. The number of aliphatic hydroxyl groups excluding tert-OH is 1. The van der Waals surface area contributed by atoms with Gasteiger partial charge in [-0.2, -0.15) is 0 Å². The van der Waals surface area contributed by atoms with Gasteiger partial charge in [-0.15, -0.1) is 13.2 Å². The summed E-state index contributed by atoms with van der Waals surface area (Å²) in [6.45, 7) is -1.03. The number of pyridine rings is 1. The highest BCUT2D eigenvalue weighted by molar-refractivity contribution is 9.10. The number of carbonyl (C=O) groups excluding carboxylic acids is 1. The molecule has 1 amide bonds. The first-order valence-corrected chi connectivity index (χ1v) is 10.7. The summed E-state index contributed by atoms with van der Waals surface area (Å²) in [5.41, 5.74) is -1.08. The third-order valence-electron chi connectivity index (χ3n) is 5.17. The number of alkyl halides is 3. The molecule has 2 heterocycles. The molecule has 2 aromatic rings. The number of aliphatic hydroxyl groups is 2. The van der Waals surface area contributed by atoms with E-state index in [1.807, 2.05) is 0 Å². The molecule has 1 fully saturated rings. The molecule has 2 N–H and O–H groups in total. The summed E-state index contributed by atoms with van der Waals surface area (Å²) in [6, 6.07) is 9.23. The molecule has 0 radical (unpaired) electrons. The van der Waals surface area contributed by atoms with Gasteiger partial charge < -0.3 is 24.6 Å². The Morgan fingerprint density at radius 2 is 2.03 bits per heavy atom. The third kappa shape index (κ3) is 6.14. The number of amides is 1. The first-order chi connectivity index (χ1) is 15.5. The maximum atomic E-state index is 13.0. The third-order valence-corrected chi connectivity index (χ3v) is 5.61. The highest BCUT2D eigenvalue weighted by atomic mass is 79.9. The molecule has 2 atom stereocenters. The fourth-order valence-electron chi connectivity index (χ4n) is 3.47. The lowest BCUT2D eigenvalue weighted by Gasteiger charge is -2.41. The van der Waals surface area contributed by atoms with Crippen LogP contribution in [0.5, 0.6) is 11.5 Å². The smallest absolute Gasteiger partial charge is 0.493 e. The Morgan fingerprint density at radius 3 is 2.67 bits per heavy atom. The fraction of sp³-hybridized carbons (Fsp3) is 0.429. The Hall–Kier alpha value is -2.41. The highest BCUT2D eigenvalue weighted by Crippen LogP contribution is 2.34. The minimum atomic E-state index is -4.75. The van der Waals surface area contributed by atoms with Crippen LogP contribution in [0.4, 0.5) is 13.2 Å². The Bertz CT molecular complexity index is 993. The van der Waals surface area contributed by atoms with E-state index in [0.717, 1.165) is 0 Å². The van der Waals surface area contributed by atoms with E-state index in [0.29, 0.717) is 10.3 Å². The number of likely N-dealkylation sites (tertiary alicyclic amines) is 1. The van der Waals surface area contributed by atoms with Crippen molar-refractivity contribution < 1.29 is 42.4 Å². The summed E-state index contributed by atoms with van der Waals surface area (Å²) < 4.78 is 50.8. The van der Waals surface area contributed by atoms with Crippen molar-refractivity contribution in [3.8, 4) is 11.5 Å². The van der Waals surface area contributed by atoms with Gasteiger partial charge in [-0.3, -0.25) is 9.53 Å². The van der Waals surface area contributed by atoms with Crippen molar-refractivity contribution in [2.75, 3.05) is 33.4 Å². The average Bonchev–Trinajstić information content (AvgIpc) is 2.77. The van der Waals surface area contributed by atoms with Gasteiger partial charge in [-0.1, -0.05) is 6.07 Å². The van der Waals surface area contributed by atoms with Gasteiger partial charge in [0.15, 0.2) is 11.5 Å². The SMILES string of the molecule is COc1cc(C(=O)N2CC[C@@](O)(c3cccc(Br)n3)[C@H](O)C2)ccc1OCCOC(F)(F)F. The van der Waals surface area contributed by atoms with Gasteiger partial charge in [0, 0.05) is 18.5 Å². The first kappa shape index (κ1) is 25.2. The van der Waals surface area contributed by atoms with E-state index in [4.69, 9.17) is 9.47 Å². The van der Waals surface area contributed by atoms with Crippen molar-refractivity contribution in [1.29, 1.82) is 0 Å². The largest absolute Gasteiger partial charge is 0.522 e. The van der Waals surface area contributed by atoms with Crippen molar-refractivity contribution in [2.45, 2.75) is 24.5 Å². The molecule has 0 bridgehead atoms. The van der Waals surface area contributed by atoms with Crippen LogP contribution in [0, 0.1) is 0 Å². The molecule has 1 aromatic heterocycles. The molecule has 0 spiro atoms. The van der Waals surface area contributed by atoms with Crippen molar-refractivity contribution in [3.05, 3.63) is 52.3 Å². The van der Waals surface area contributed by atoms with Gasteiger partial charge in [0.05, 0.1) is 26.0 Å². The number of β-amino-alcohol motifs (C(OH)–C–C–N with tert-alkyl or cyclic N) is 1. The number of benzene rings is 1. The summed E-state index contributed by atoms with van der Waals surface area (Å²) in [7, 11) is 1.33. The lowest BCUT2D eigenvalue weighted by molar-refractivity contribution is -0.325. The quantitative estimate of drug-likeness (QED) is 0.416. The predicted molar refractivity (Wildman–Crippen MR) is 113 cm³/mol. The number of methoxy groups -OCH3 is 1. The molecule has 33 heavy (non-hydrogen) atoms. The number of carbonyl (C=O) groups is 1. The van der Waals surface area contributed by atoms with E-state index in [9.17, 15) is 28.2 Å². The van der Waals surface area contributed by atoms with Gasteiger partial charge in [0.1, 0.15) is 22.9 Å². The maximum Gasteiger partial charge on any atom is 0.522 e. The van der Waals surface area contributed by atoms with Crippen LogP contribution in [0.15, 0.2) is 41.0 Å². The molecule has 0 aliphatic carbocycles. The van der Waals surface area contributed by atoms with E-state index in [-0.39, 0.29) is 43.2 Å². The Kier molecular flexibility index (Phi) is 7.83. The van der Waals surface area contributed by atoms with Crippen LogP contribution in [0.3, 0.4) is 0 Å². The molecular formula is C21H22BrF3N2O6. The lowest BCUT2D eigenvalue weighted by Crippen LogP contribution is -2.55. The number of hydrogen-bond acceptors (Lipinski definition) is 7. The molecule has 12 heteroatoms. The Morgan fingerprint density at radius 1 is 1.27 bits per heavy atom. The fourth-order valence-corrected chi connectivity index (χ4v) is 3.81. The number of ether oxygens (including phenoxy) is 3. The zero-order valence-corrected chi connectivity index (χ0v) is 19.1. The molecule has 1 aliphatic rings. The van der Waals surface area contributed by atoms with Gasteiger partial charge in [-0.25, -0.2) is 4.98 Å². The van der Waals surface area contributed by atoms with Crippen molar-refractivity contribution in [2.24, 2.45) is 0 Å².